The van der Waals surface area contributed by atoms with Crippen molar-refractivity contribution in [1.29, 1.82) is 5.26 Å². The lowest BCUT2D eigenvalue weighted by Gasteiger charge is -2.19. The highest BCUT2D eigenvalue weighted by Crippen LogP contribution is 2.31. The van der Waals surface area contributed by atoms with Gasteiger partial charge in [0.25, 0.3) is 0 Å². The summed E-state index contributed by atoms with van der Waals surface area (Å²) in [7, 11) is 0. The first-order valence-electron chi connectivity index (χ1n) is 8.01. The Hall–Kier alpha value is -2.49. The number of aromatic nitrogens is 4. The van der Waals surface area contributed by atoms with Crippen LogP contribution in [0.1, 0.15) is 54.7 Å². The number of hydrogen-bond acceptors (Lipinski definition) is 7. The smallest absolute Gasteiger partial charge is 0.231 e. The zero-order valence-corrected chi connectivity index (χ0v) is 13.7. The van der Waals surface area contributed by atoms with E-state index in [2.05, 4.69) is 38.2 Å². The molecule has 1 saturated heterocycles. The second-order valence-electron chi connectivity index (χ2n) is 5.75. The minimum Gasteiger partial charge on any atom is -0.353 e. The van der Waals surface area contributed by atoms with Gasteiger partial charge in [-0.05, 0) is 31.7 Å². The van der Waals surface area contributed by atoms with E-state index in [1.54, 1.807) is 0 Å². The molecule has 1 fully saturated rings. The molecular formula is C16H20N6O. The van der Waals surface area contributed by atoms with Crippen molar-refractivity contribution < 1.29 is 4.52 Å². The molecule has 2 aromatic heterocycles. The molecule has 120 valence electrons. The molecule has 0 bridgehead atoms. The van der Waals surface area contributed by atoms with Crippen LogP contribution in [0.2, 0.25) is 0 Å². The third-order valence-corrected chi connectivity index (χ3v) is 4.32. The van der Waals surface area contributed by atoms with Crippen molar-refractivity contribution in [2.45, 2.75) is 46.0 Å². The molecule has 1 aliphatic heterocycles. The molecule has 7 nitrogen and oxygen atoms in total. The normalized spacial score (nSPS) is 17.5. The Labute approximate surface area is 135 Å². The summed E-state index contributed by atoms with van der Waals surface area (Å²) < 4.78 is 5.28. The van der Waals surface area contributed by atoms with Gasteiger partial charge in [-0.15, -0.1) is 5.10 Å². The number of rotatable bonds is 4. The highest BCUT2D eigenvalue weighted by Gasteiger charge is 2.31. The number of nitrogens with zero attached hydrogens (tertiary/aromatic N) is 6. The Morgan fingerprint density at radius 1 is 1.30 bits per heavy atom. The minimum absolute atomic E-state index is 0.181. The first-order valence-corrected chi connectivity index (χ1v) is 8.01. The first kappa shape index (κ1) is 15.4. The predicted octanol–water partition coefficient (Wildman–Crippen LogP) is 2.16. The van der Waals surface area contributed by atoms with Gasteiger partial charge in [0.05, 0.1) is 11.6 Å². The highest BCUT2D eigenvalue weighted by atomic mass is 16.5. The molecule has 1 aliphatic rings. The summed E-state index contributed by atoms with van der Waals surface area (Å²) in [5.41, 5.74) is 2.58. The molecule has 0 amide bonds. The van der Waals surface area contributed by atoms with E-state index in [0.29, 0.717) is 23.1 Å². The van der Waals surface area contributed by atoms with Crippen LogP contribution in [0.25, 0.3) is 0 Å². The van der Waals surface area contributed by atoms with E-state index >= 15 is 0 Å². The summed E-state index contributed by atoms with van der Waals surface area (Å²) in [4.78, 5) is 6.42. The molecule has 0 radical (unpaired) electrons. The maximum Gasteiger partial charge on any atom is 0.231 e. The summed E-state index contributed by atoms with van der Waals surface area (Å²) in [5, 5.41) is 22.1. The quantitative estimate of drug-likeness (QED) is 0.854. The van der Waals surface area contributed by atoms with Gasteiger partial charge in [-0.25, -0.2) is 0 Å². The molecule has 3 rings (SSSR count). The zero-order valence-electron chi connectivity index (χ0n) is 13.7. The summed E-state index contributed by atoms with van der Waals surface area (Å²) in [6.45, 7) is 7.43. The van der Waals surface area contributed by atoms with Crippen molar-refractivity contribution in [2.24, 2.45) is 0 Å². The van der Waals surface area contributed by atoms with Crippen molar-refractivity contribution in [3.63, 3.8) is 0 Å². The summed E-state index contributed by atoms with van der Waals surface area (Å²) in [6.07, 6.45) is 2.48. The molecule has 1 atom stereocenters. The fourth-order valence-electron chi connectivity index (χ4n) is 3.13. The van der Waals surface area contributed by atoms with Crippen LogP contribution in [0, 0.1) is 18.3 Å². The van der Waals surface area contributed by atoms with E-state index in [1.165, 1.54) is 0 Å². The molecular weight excluding hydrogens is 292 g/mol. The SMILES string of the molecule is CCc1nnc(N2CC[C@@H](c3nc(C)no3)C2)c(C#N)c1CC. The largest absolute Gasteiger partial charge is 0.353 e. The van der Waals surface area contributed by atoms with Gasteiger partial charge in [0.15, 0.2) is 11.6 Å². The van der Waals surface area contributed by atoms with Crippen molar-refractivity contribution >= 4 is 5.82 Å². The van der Waals surface area contributed by atoms with Crippen molar-refractivity contribution in [3.8, 4) is 6.07 Å². The van der Waals surface area contributed by atoms with E-state index < -0.39 is 0 Å². The molecule has 0 aromatic carbocycles. The van der Waals surface area contributed by atoms with Crippen LogP contribution in [-0.4, -0.2) is 33.4 Å². The van der Waals surface area contributed by atoms with Crippen LogP contribution in [0.5, 0.6) is 0 Å². The standard InChI is InChI=1S/C16H20N6O/c1-4-12-13(8-17)15(20-19-14(12)5-2)22-7-6-11(9-22)16-18-10(3)21-23-16/h11H,4-7,9H2,1-3H3/t11-/m1/s1. The highest BCUT2D eigenvalue weighted by molar-refractivity contribution is 5.58. The van der Waals surface area contributed by atoms with Gasteiger partial charge >= 0.3 is 0 Å². The molecule has 7 heteroatoms. The van der Waals surface area contributed by atoms with Crippen LogP contribution < -0.4 is 4.90 Å². The van der Waals surface area contributed by atoms with E-state index in [9.17, 15) is 5.26 Å². The monoisotopic (exact) mass is 312 g/mol. The summed E-state index contributed by atoms with van der Waals surface area (Å²) in [5.74, 6) is 2.18. The van der Waals surface area contributed by atoms with E-state index in [1.807, 2.05) is 13.8 Å². The third kappa shape index (κ3) is 2.77. The molecule has 0 saturated carbocycles. The van der Waals surface area contributed by atoms with E-state index in [0.717, 1.165) is 43.6 Å². The zero-order chi connectivity index (χ0) is 16.4. The predicted molar refractivity (Wildman–Crippen MR) is 84.1 cm³/mol. The average molecular weight is 312 g/mol. The second-order valence-corrected chi connectivity index (χ2v) is 5.75. The molecule has 0 aliphatic carbocycles. The maximum absolute atomic E-state index is 9.61. The lowest BCUT2D eigenvalue weighted by atomic mass is 10.0. The maximum atomic E-state index is 9.61. The average Bonchev–Trinajstić information content (AvgIpc) is 3.21. The van der Waals surface area contributed by atoms with E-state index in [4.69, 9.17) is 4.52 Å². The number of aryl methyl sites for hydroxylation is 2. The van der Waals surface area contributed by atoms with Gasteiger partial charge in [-0.2, -0.15) is 15.3 Å². The Balaban J connectivity index is 1.90. The Morgan fingerprint density at radius 2 is 2.13 bits per heavy atom. The Bertz CT molecular complexity index is 748. The van der Waals surface area contributed by atoms with Gasteiger partial charge in [0.1, 0.15) is 11.6 Å². The van der Waals surface area contributed by atoms with Crippen LogP contribution in [-0.2, 0) is 12.8 Å². The molecule has 23 heavy (non-hydrogen) atoms. The Morgan fingerprint density at radius 3 is 2.74 bits per heavy atom. The third-order valence-electron chi connectivity index (χ3n) is 4.32. The lowest BCUT2D eigenvalue weighted by Crippen LogP contribution is -2.23. The second kappa shape index (κ2) is 6.32. The van der Waals surface area contributed by atoms with Gasteiger partial charge < -0.3 is 9.42 Å². The van der Waals surface area contributed by atoms with Gasteiger partial charge in [0.2, 0.25) is 5.89 Å². The molecule has 0 N–H and O–H groups in total. The van der Waals surface area contributed by atoms with Crippen LogP contribution in [0.3, 0.4) is 0 Å². The lowest BCUT2D eigenvalue weighted by molar-refractivity contribution is 0.356. The molecule has 0 spiro atoms. The van der Waals surface area contributed by atoms with Crippen molar-refractivity contribution in [1.82, 2.24) is 20.3 Å². The van der Waals surface area contributed by atoms with Crippen LogP contribution >= 0.6 is 0 Å². The van der Waals surface area contributed by atoms with Gasteiger partial charge in [0, 0.05) is 13.1 Å². The first-order chi connectivity index (χ1) is 11.2. The number of anilines is 1. The topological polar surface area (TPSA) is 91.7 Å². The van der Waals surface area contributed by atoms with Crippen molar-refractivity contribution in [2.75, 3.05) is 18.0 Å². The van der Waals surface area contributed by atoms with E-state index in [-0.39, 0.29) is 5.92 Å². The molecule has 3 heterocycles. The van der Waals surface area contributed by atoms with Crippen LogP contribution in [0.15, 0.2) is 4.52 Å². The Kier molecular flexibility index (Phi) is 4.24. The van der Waals surface area contributed by atoms with Crippen molar-refractivity contribution in [3.05, 3.63) is 28.5 Å². The minimum atomic E-state index is 0.181. The molecule has 0 unspecified atom stereocenters. The van der Waals surface area contributed by atoms with Crippen LogP contribution in [0.4, 0.5) is 5.82 Å². The fraction of sp³-hybridized carbons (Fsp3) is 0.562. The summed E-state index contributed by atoms with van der Waals surface area (Å²) >= 11 is 0. The summed E-state index contributed by atoms with van der Waals surface area (Å²) in [6, 6.07) is 2.33. The number of hydrogen-bond donors (Lipinski definition) is 0. The van der Waals surface area contributed by atoms with Gasteiger partial charge in [-0.1, -0.05) is 19.0 Å². The number of nitriles is 1. The molecule has 2 aromatic rings. The van der Waals surface area contributed by atoms with Gasteiger partial charge in [-0.3, -0.25) is 0 Å². The fourth-order valence-corrected chi connectivity index (χ4v) is 3.13.